The summed E-state index contributed by atoms with van der Waals surface area (Å²) in [5.41, 5.74) is 0.571. The van der Waals surface area contributed by atoms with E-state index in [9.17, 15) is 13.2 Å². The number of carbonyl (C=O) groups excluding carboxylic acids is 1. The van der Waals surface area contributed by atoms with Crippen molar-refractivity contribution in [3.05, 3.63) is 34.9 Å². The first-order valence-corrected chi connectivity index (χ1v) is 8.45. The van der Waals surface area contributed by atoms with Crippen LogP contribution in [0.3, 0.4) is 0 Å². The van der Waals surface area contributed by atoms with Crippen LogP contribution in [0.5, 0.6) is 0 Å². The smallest absolute Gasteiger partial charge is 0.253 e. The molecule has 20 heavy (non-hydrogen) atoms. The Morgan fingerprint density at radius 3 is 2.20 bits per heavy atom. The third-order valence-corrected chi connectivity index (χ3v) is 5.51. The molecule has 0 spiro atoms. The first-order chi connectivity index (χ1) is 9.44. The van der Waals surface area contributed by atoms with Crippen LogP contribution >= 0.6 is 11.6 Å². The van der Waals surface area contributed by atoms with Crippen LogP contribution in [0, 0.1) is 0 Å². The third-order valence-electron chi connectivity index (χ3n) is 3.38. The Hall–Kier alpha value is -1.11. The van der Waals surface area contributed by atoms with E-state index in [1.807, 2.05) is 0 Å². The molecule has 2 rings (SSSR count). The standard InChI is InChI=1S/C13H17ClN2O3S/c1-2-20(18,19)16-9-7-15(8-10-16)13(17)11-3-5-12(14)6-4-11/h3-6H,2,7-10H2,1H3. The first kappa shape index (κ1) is 15.3. The summed E-state index contributed by atoms with van der Waals surface area (Å²) in [4.78, 5) is 13.9. The van der Waals surface area contributed by atoms with Crippen molar-refractivity contribution in [2.75, 3.05) is 31.9 Å². The summed E-state index contributed by atoms with van der Waals surface area (Å²) in [5.74, 6) is 0.00760. The summed E-state index contributed by atoms with van der Waals surface area (Å²) >= 11 is 5.79. The summed E-state index contributed by atoms with van der Waals surface area (Å²) in [6.45, 7) is 3.17. The number of amides is 1. The van der Waals surface area contributed by atoms with E-state index in [0.717, 1.165) is 0 Å². The number of carbonyl (C=O) groups is 1. The molecule has 1 saturated heterocycles. The maximum Gasteiger partial charge on any atom is 0.253 e. The van der Waals surface area contributed by atoms with Gasteiger partial charge in [-0.05, 0) is 31.2 Å². The van der Waals surface area contributed by atoms with E-state index < -0.39 is 10.0 Å². The van der Waals surface area contributed by atoms with Crippen molar-refractivity contribution in [3.63, 3.8) is 0 Å². The van der Waals surface area contributed by atoms with Crippen LogP contribution in [0.4, 0.5) is 0 Å². The fourth-order valence-corrected chi connectivity index (χ4v) is 3.34. The molecule has 0 radical (unpaired) electrons. The number of hydrogen-bond donors (Lipinski definition) is 0. The molecular weight excluding hydrogens is 300 g/mol. The number of benzene rings is 1. The van der Waals surface area contributed by atoms with E-state index in [1.54, 1.807) is 36.1 Å². The van der Waals surface area contributed by atoms with Gasteiger partial charge in [0.25, 0.3) is 5.91 Å². The fraction of sp³-hybridized carbons (Fsp3) is 0.462. The number of halogens is 1. The van der Waals surface area contributed by atoms with Gasteiger partial charge >= 0.3 is 0 Å². The summed E-state index contributed by atoms with van der Waals surface area (Å²) < 4.78 is 24.9. The molecule has 1 aromatic rings. The van der Waals surface area contributed by atoms with Crippen molar-refractivity contribution in [3.8, 4) is 0 Å². The second kappa shape index (κ2) is 6.11. The summed E-state index contributed by atoms with van der Waals surface area (Å²) in [6, 6.07) is 6.71. The van der Waals surface area contributed by atoms with Gasteiger partial charge in [0.15, 0.2) is 0 Å². The Morgan fingerprint density at radius 1 is 1.15 bits per heavy atom. The molecule has 7 heteroatoms. The van der Waals surface area contributed by atoms with Crippen LogP contribution in [0.2, 0.25) is 5.02 Å². The van der Waals surface area contributed by atoms with Gasteiger partial charge in [-0.3, -0.25) is 4.79 Å². The quantitative estimate of drug-likeness (QED) is 0.848. The van der Waals surface area contributed by atoms with E-state index in [4.69, 9.17) is 11.6 Å². The first-order valence-electron chi connectivity index (χ1n) is 6.46. The molecule has 0 aromatic heterocycles. The predicted octanol–water partition coefficient (Wildman–Crippen LogP) is 1.45. The normalized spacial score (nSPS) is 17.2. The molecule has 5 nitrogen and oxygen atoms in total. The summed E-state index contributed by atoms with van der Waals surface area (Å²) in [7, 11) is -3.16. The molecule has 1 heterocycles. The molecule has 1 aromatic carbocycles. The zero-order chi connectivity index (χ0) is 14.8. The van der Waals surface area contributed by atoms with Crippen LogP contribution in [0.15, 0.2) is 24.3 Å². The van der Waals surface area contributed by atoms with Crippen molar-refractivity contribution in [1.29, 1.82) is 0 Å². The summed E-state index contributed by atoms with van der Waals surface area (Å²) in [5, 5.41) is 0.584. The summed E-state index contributed by atoms with van der Waals surface area (Å²) in [6.07, 6.45) is 0. The molecule has 110 valence electrons. The molecule has 0 unspecified atom stereocenters. The molecular formula is C13H17ClN2O3S. The second-order valence-electron chi connectivity index (χ2n) is 4.60. The minimum Gasteiger partial charge on any atom is -0.336 e. The van der Waals surface area contributed by atoms with Gasteiger partial charge in [0.2, 0.25) is 10.0 Å². The highest BCUT2D eigenvalue weighted by Crippen LogP contribution is 2.14. The van der Waals surface area contributed by atoms with E-state index >= 15 is 0 Å². The average molecular weight is 317 g/mol. The molecule has 0 bridgehead atoms. The maximum absolute atomic E-state index is 12.3. The SMILES string of the molecule is CCS(=O)(=O)N1CCN(C(=O)c2ccc(Cl)cc2)CC1. The number of rotatable bonds is 3. The van der Waals surface area contributed by atoms with Gasteiger partial charge < -0.3 is 4.90 Å². The number of piperazine rings is 1. The van der Waals surface area contributed by atoms with E-state index in [2.05, 4.69) is 0 Å². The lowest BCUT2D eigenvalue weighted by Gasteiger charge is -2.33. The zero-order valence-corrected chi connectivity index (χ0v) is 12.8. The lowest BCUT2D eigenvalue weighted by Crippen LogP contribution is -2.50. The van der Waals surface area contributed by atoms with Crippen LogP contribution in [0.1, 0.15) is 17.3 Å². The van der Waals surface area contributed by atoms with E-state index in [-0.39, 0.29) is 11.7 Å². The van der Waals surface area contributed by atoms with Crippen molar-refractivity contribution in [2.24, 2.45) is 0 Å². The van der Waals surface area contributed by atoms with Crippen LogP contribution < -0.4 is 0 Å². The Morgan fingerprint density at radius 2 is 1.70 bits per heavy atom. The lowest BCUT2D eigenvalue weighted by atomic mass is 10.2. The van der Waals surface area contributed by atoms with E-state index in [0.29, 0.717) is 36.8 Å². The van der Waals surface area contributed by atoms with E-state index in [1.165, 1.54) is 4.31 Å². The highest BCUT2D eigenvalue weighted by molar-refractivity contribution is 7.89. The maximum atomic E-state index is 12.3. The Labute approximate surface area is 124 Å². The molecule has 0 saturated carbocycles. The van der Waals surface area contributed by atoms with Gasteiger partial charge in [0.05, 0.1) is 5.75 Å². The molecule has 1 aliphatic rings. The Balaban J connectivity index is 2.00. The second-order valence-corrected chi connectivity index (χ2v) is 7.29. The lowest BCUT2D eigenvalue weighted by molar-refractivity contribution is 0.0698. The average Bonchev–Trinajstić information content (AvgIpc) is 2.47. The molecule has 0 atom stereocenters. The Bertz CT molecular complexity index is 578. The minimum absolute atomic E-state index is 0.0878. The van der Waals surface area contributed by atoms with Crippen LogP contribution in [-0.4, -0.2) is 55.5 Å². The molecule has 1 amide bonds. The van der Waals surface area contributed by atoms with Crippen LogP contribution in [-0.2, 0) is 10.0 Å². The van der Waals surface area contributed by atoms with Crippen LogP contribution in [0.25, 0.3) is 0 Å². The molecule has 0 aliphatic carbocycles. The Kier molecular flexibility index (Phi) is 4.67. The molecule has 1 aliphatic heterocycles. The number of sulfonamides is 1. The van der Waals surface area contributed by atoms with Crippen molar-refractivity contribution < 1.29 is 13.2 Å². The molecule has 0 N–H and O–H groups in total. The third kappa shape index (κ3) is 3.31. The topological polar surface area (TPSA) is 57.7 Å². The fourth-order valence-electron chi connectivity index (χ4n) is 2.13. The highest BCUT2D eigenvalue weighted by atomic mass is 35.5. The van der Waals surface area contributed by atoms with Gasteiger partial charge in [0.1, 0.15) is 0 Å². The minimum atomic E-state index is -3.16. The predicted molar refractivity (Wildman–Crippen MR) is 78.4 cm³/mol. The van der Waals surface area contributed by atoms with Gasteiger partial charge in [-0.1, -0.05) is 11.6 Å². The van der Waals surface area contributed by atoms with Crippen molar-refractivity contribution in [1.82, 2.24) is 9.21 Å². The zero-order valence-electron chi connectivity index (χ0n) is 11.3. The van der Waals surface area contributed by atoms with Gasteiger partial charge in [-0.15, -0.1) is 0 Å². The highest BCUT2D eigenvalue weighted by Gasteiger charge is 2.27. The van der Waals surface area contributed by atoms with Crippen molar-refractivity contribution in [2.45, 2.75) is 6.92 Å². The largest absolute Gasteiger partial charge is 0.336 e. The van der Waals surface area contributed by atoms with Gasteiger partial charge in [-0.2, -0.15) is 4.31 Å². The molecule has 1 fully saturated rings. The van der Waals surface area contributed by atoms with Gasteiger partial charge in [0, 0.05) is 36.8 Å². The van der Waals surface area contributed by atoms with Gasteiger partial charge in [-0.25, -0.2) is 8.42 Å². The number of hydrogen-bond acceptors (Lipinski definition) is 3. The number of nitrogens with zero attached hydrogens (tertiary/aromatic N) is 2. The van der Waals surface area contributed by atoms with Crippen molar-refractivity contribution >= 4 is 27.5 Å². The monoisotopic (exact) mass is 316 g/mol.